The lowest BCUT2D eigenvalue weighted by Crippen LogP contribution is -2.47. The summed E-state index contributed by atoms with van der Waals surface area (Å²) in [5.74, 6) is -2.49. The Balaban J connectivity index is 1.71. The van der Waals surface area contributed by atoms with Crippen LogP contribution in [-0.2, 0) is 6.61 Å². The van der Waals surface area contributed by atoms with E-state index in [9.17, 15) is 13.6 Å². The summed E-state index contributed by atoms with van der Waals surface area (Å²) < 4.78 is 37.3. The highest BCUT2D eigenvalue weighted by atomic mass is 19.2. The monoisotopic (exact) mass is 374 g/mol. The van der Waals surface area contributed by atoms with Crippen LogP contribution in [0.1, 0.15) is 36.1 Å². The smallest absolute Gasteiger partial charge is 0.276 e. The molecule has 0 radical (unpaired) electrons. The van der Waals surface area contributed by atoms with Gasteiger partial charge in [-0.15, -0.1) is 6.58 Å². The SMILES string of the molecule is C=CC[C@@H]1CC=C[C@@H](C)N1C(=O)c1coc(COc2cccc(F)c2F)n1. The molecule has 1 aromatic heterocycles. The molecule has 0 unspecified atom stereocenters. The molecular formula is C20H20F2N2O3. The molecule has 0 saturated heterocycles. The molecule has 0 bridgehead atoms. The molecule has 27 heavy (non-hydrogen) atoms. The molecule has 0 spiro atoms. The lowest BCUT2D eigenvalue weighted by Gasteiger charge is -2.36. The van der Waals surface area contributed by atoms with Crippen molar-refractivity contribution in [1.82, 2.24) is 9.88 Å². The van der Waals surface area contributed by atoms with Gasteiger partial charge in [-0.1, -0.05) is 24.3 Å². The Morgan fingerprint density at radius 2 is 2.30 bits per heavy atom. The molecule has 0 fully saturated rings. The maximum Gasteiger partial charge on any atom is 0.276 e. The molecular weight excluding hydrogens is 354 g/mol. The second-order valence-corrected chi connectivity index (χ2v) is 6.26. The van der Waals surface area contributed by atoms with Gasteiger partial charge >= 0.3 is 0 Å². The number of hydrogen-bond acceptors (Lipinski definition) is 4. The third kappa shape index (κ3) is 4.07. The summed E-state index contributed by atoms with van der Waals surface area (Å²) in [6.07, 6.45) is 8.47. The number of carbonyl (C=O) groups is 1. The van der Waals surface area contributed by atoms with Crippen LogP contribution in [0.5, 0.6) is 5.75 Å². The fraction of sp³-hybridized carbons (Fsp3) is 0.300. The van der Waals surface area contributed by atoms with E-state index in [1.165, 1.54) is 18.4 Å². The summed E-state index contributed by atoms with van der Waals surface area (Å²) in [5, 5.41) is 0. The second kappa shape index (κ2) is 8.16. The second-order valence-electron chi connectivity index (χ2n) is 6.26. The minimum atomic E-state index is -1.08. The van der Waals surface area contributed by atoms with Gasteiger partial charge in [0, 0.05) is 12.1 Å². The van der Waals surface area contributed by atoms with Gasteiger partial charge in [-0.25, -0.2) is 9.37 Å². The Morgan fingerprint density at radius 1 is 1.48 bits per heavy atom. The van der Waals surface area contributed by atoms with Crippen LogP contribution in [0.3, 0.4) is 0 Å². The number of benzene rings is 1. The molecule has 1 amide bonds. The van der Waals surface area contributed by atoms with Crippen molar-refractivity contribution < 1.29 is 22.7 Å². The minimum absolute atomic E-state index is 0.00721. The Hall–Kier alpha value is -2.96. The minimum Gasteiger partial charge on any atom is -0.481 e. The highest BCUT2D eigenvalue weighted by Gasteiger charge is 2.30. The van der Waals surface area contributed by atoms with E-state index in [1.807, 2.05) is 13.0 Å². The fourth-order valence-corrected chi connectivity index (χ4v) is 3.07. The van der Waals surface area contributed by atoms with Gasteiger partial charge in [0.15, 0.2) is 23.9 Å². The van der Waals surface area contributed by atoms with Gasteiger partial charge in [-0.3, -0.25) is 4.79 Å². The quantitative estimate of drug-likeness (QED) is 0.709. The van der Waals surface area contributed by atoms with Gasteiger partial charge in [0.2, 0.25) is 11.7 Å². The van der Waals surface area contributed by atoms with E-state index in [0.717, 1.165) is 12.5 Å². The van der Waals surface area contributed by atoms with Crippen LogP contribution in [0.25, 0.3) is 0 Å². The molecule has 7 heteroatoms. The van der Waals surface area contributed by atoms with Gasteiger partial charge in [-0.05, 0) is 31.9 Å². The zero-order chi connectivity index (χ0) is 19.4. The molecule has 0 aliphatic carbocycles. The van der Waals surface area contributed by atoms with Crippen LogP contribution in [0, 0.1) is 11.6 Å². The van der Waals surface area contributed by atoms with E-state index in [1.54, 1.807) is 11.0 Å². The summed E-state index contributed by atoms with van der Waals surface area (Å²) in [6, 6.07) is 3.57. The Bertz CT molecular complexity index is 863. The molecule has 1 aliphatic heterocycles. The molecule has 5 nitrogen and oxygen atoms in total. The van der Waals surface area contributed by atoms with Crippen molar-refractivity contribution in [3.8, 4) is 5.75 Å². The highest BCUT2D eigenvalue weighted by molar-refractivity contribution is 5.92. The van der Waals surface area contributed by atoms with Crippen molar-refractivity contribution in [2.24, 2.45) is 0 Å². The fourth-order valence-electron chi connectivity index (χ4n) is 3.07. The van der Waals surface area contributed by atoms with Crippen molar-refractivity contribution >= 4 is 5.91 Å². The van der Waals surface area contributed by atoms with E-state index in [-0.39, 0.29) is 41.9 Å². The largest absolute Gasteiger partial charge is 0.481 e. The Labute approximate surface area is 155 Å². The van der Waals surface area contributed by atoms with Crippen LogP contribution < -0.4 is 4.74 Å². The highest BCUT2D eigenvalue weighted by Crippen LogP contribution is 2.23. The molecule has 2 atom stereocenters. The number of nitrogens with zero attached hydrogens (tertiary/aromatic N) is 2. The summed E-state index contributed by atoms with van der Waals surface area (Å²) in [6.45, 7) is 5.45. The van der Waals surface area contributed by atoms with Gasteiger partial charge < -0.3 is 14.1 Å². The Morgan fingerprint density at radius 3 is 3.07 bits per heavy atom. The van der Waals surface area contributed by atoms with Gasteiger partial charge in [-0.2, -0.15) is 4.39 Å². The van der Waals surface area contributed by atoms with Crippen LogP contribution in [0.2, 0.25) is 0 Å². The molecule has 0 N–H and O–H groups in total. The standard InChI is InChI=1S/C20H20F2N2O3/c1-3-6-14-8-4-7-13(2)24(14)20(25)16-11-27-18(23-16)12-26-17-10-5-9-15(21)19(17)22/h3-5,7,9-11,13-14H,1,6,8,12H2,2H3/t13-,14-/m1/s1. The first-order valence-electron chi connectivity index (χ1n) is 8.62. The average molecular weight is 374 g/mol. The first kappa shape index (κ1) is 18.8. The number of carbonyl (C=O) groups excluding carboxylic acids is 1. The zero-order valence-electron chi connectivity index (χ0n) is 14.9. The van der Waals surface area contributed by atoms with Crippen molar-refractivity contribution in [3.63, 3.8) is 0 Å². The van der Waals surface area contributed by atoms with E-state index >= 15 is 0 Å². The van der Waals surface area contributed by atoms with E-state index in [4.69, 9.17) is 9.15 Å². The zero-order valence-corrected chi connectivity index (χ0v) is 14.9. The van der Waals surface area contributed by atoms with Gasteiger partial charge in [0.1, 0.15) is 6.26 Å². The van der Waals surface area contributed by atoms with E-state index in [0.29, 0.717) is 6.42 Å². The Kier molecular flexibility index (Phi) is 5.69. The lowest BCUT2D eigenvalue weighted by atomic mass is 10.00. The number of oxazole rings is 1. The normalized spacial score (nSPS) is 19.1. The first-order chi connectivity index (χ1) is 13.0. The molecule has 3 rings (SSSR count). The third-order valence-corrected chi connectivity index (χ3v) is 4.37. The van der Waals surface area contributed by atoms with Crippen LogP contribution in [0.4, 0.5) is 8.78 Å². The first-order valence-corrected chi connectivity index (χ1v) is 8.62. The molecule has 0 saturated carbocycles. The number of amides is 1. The van der Waals surface area contributed by atoms with Gasteiger partial charge in [0.25, 0.3) is 5.91 Å². The van der Waals surface area contributed by atoms with Crippen molar-refractivity contribution in [2.45, 2.75) is 38.5 Å². The van der Waals surface area contributed by atoms with Crippen LogP contribution in [0.15, 0.2) is 53.7 Å². The predicted molar refractivity (Wildman–Crippen MR) is 95.2 cm³/mol. The number of hydrogen-bond donors (Lipinski definition) is 0. The average Bonchev–Trinajstić information content (AvgIpc) is 3.12. The van der Waals surface area contributed by atoms with Crippen LogP contribution >= 0.6 is 0 Å². The molecule has 1 aliphatic rings. The summed E-state index contributed by atoms with van der Waals surface area (Å²) in [4.78, 5) is 18.7. The topological polar surface area (TPSA) is 55.6 Å². The molecule has 2 heterocycles. The summed E-state index contributed by atoms with van der Waals surface area (Å²) >= 11 is 0. The van der Waals surface area contributed by atoms with E-state index in [2.05, 4.69) is 17.6 Å². The maximum atomic E-state index is 13.6. The number of ether oxygens (including phenoxy) is 1. The summed E-state index contributed by atoms with van der Waals surface area (Å²) in [5.41, 5.74) is 0.143. The number of rotatable bonds is 6. The van der Waals surface area contributed by atoms with Gasteiger partial charge in [0.05, 0.1) is 0 Å². The third-order valence-electron chi connectivity index (χ3n) is 4.37. The lowest BCUT2D eigenvalue weighted by molar-refractivity contribution is 0.0616. The summed E-state index contributed by atoms with van der Waals surface area (Å²) in [7, 11) is 0. The van der Waals surface area contributed by atoms with Crippen molar-refractivity contribution in [1.29, 1.82) is 0 Å². The van der Waals surface area contributed by atoms with Crippen LogP contribution in [-0.4, -0.2) is 27.9 Å². The maximum absolute atomic E-state index is 13.6. The predicted octanol–water partition coefficient (Wildman–Crippen LogP) is 4.27. The molecule has 2 aromatic rings. The van der Waals surface area contributed by atoms with Crippen molar-refractivity contribution in [3.05, 3.63) is 72.5 Å². The molecule has 142 valence electrons. The molecule has 1 aromatic carbocycles. The van der Waals surface area contributed by atoms with E-state index < -0.39 is 11.6 Å². The number of aromatic nitrogens is 1. The van der Waals surface area contributed by atoms with Crippen molar-refractivity contribution in [2.75, 3.05) is 0 Å². The number of halogens is 2.